The van der Waals surface area contributed by atoms with Gasteiger partial charge in [-0.3, -0.25) is 9.59 Å². The summed E-state index contributed by atoms with van der Waals surface area (Å²) < 4.78 is 0. The highest BCUT2D eigenvalue weighted by atomic mass is 16.3. The molecule has 0 fully saturated rings. The lowest BCUT2D eigenvalue weighted by molar-refractivity contribution is -0.113. The summed E-state index contributed by atoms with van der Waals surface area (Å²) in [5, 5.41) is 16.8. The number of nitrogens with one attached hydrogen (secondary N) is 2. The fourth-order valence-corrected chi connectivity index (χ4v) is 3.07. The molecule has 30 heavy (non-hydrogen) atoms. The van der Waals surface area contributed by atoms with E-state index in [4.69, 9.17) is 0 Å². The summed E-state index contributed by atoms with van der Waals surface area (Å²) in [5.41, 5.74) is 2.48. The van der Waals surface area contributed by atoms with E-state index in [0.717, 1.165) is 5.56 Å². The van der Waals surface area contributed by atoms with E-state index in [1.54, 1.807) is 39.2 Å². The number of carbonyl (C=O) groups excluding carboxylic acids is 2. The molecular weight excluding hydrogens is 378 g/mol. The molecule has 0 bridgehead atoms. The molecule has 0 saturated heterocycles. The van der Waals surface area contributed by atoms with Crippen LogP contribution in [0.25, 0.3) is 0 Å². The van der Waals surface area contributed by atoms with Gasteiger partial charge in [0.05, 0.1) is 16.9 Å². The van der Waals surface area contributed by atoms with Crippen molar-refractivity contribution < 1.29 is 14.7 Å². The van der Waals surface area contributed by atoms with Crippen LogP contribution in [0.3, 0.4) is 0 Å². The van der Waals surface area contributed by atoms with E-state index in [1.165, 1.54) is 4.90 Å². The number of rotatable bonds is 6. The number of phenols is 1. The summed E-state index contributed by atoms with van der Waals surface area (Å²) >= 11 is 0. The smallest absolute Gasteiger partial charge is 0.257 e. The minimum Gasteiger partial charge on any atom is -0.505 e. The van der Waals surface area contributed by atoms with Crippen molar-refractivity contribution >= 4 is 17.4 Å². The molecule has 1 atom stereocenters. The van der Waals surface area contributed by atoms with Gasteiger partial charge in [0.2, 0.25) is 5.78 Å². The summed E-state index contributed by atoms with van der Waals surface area (Å²) in [4.78, 5) is 26.1. The largest absolute Gasteiger partial charge is 0.505 e. The van der Waals surface area contributed by atoms with Crippen LogP contribution in [0.1, 0.15) is 28.9 Å². The molecule has 2 aromatic rings. The van der Waals surface area contributed by atoms with Crippen LogP contribution in [0.15, 0.2) is 72.1 Å². The molecule has 6 heteroatoms. The normalized spacial score (nSPS) is 13.7. The van der Waals surface area contributed by atoms with Crippen molar-refractivity contribution in [2.75, 3.05) is 19.4 Å². The number of nitrogens with zero attached hydrogens (tertiary/aromatic N) is 1. The Morgan fingerprint density at radius 1 is 1.10 bits per heavy atom. The zero-order valence-corrected chi connectivity index (χ0v) is 17.1. The monoisotopic (exact) mass is 401 g/mol. The molecule has 0 aliphatic heterocycles. The summed E-state index contributed by atoms with van der Waals surface area (Å²) in [6.07, 6.45) is 0. The second-order valence-electron chi connectivity index (χ2n) is 6.97. The van der Waals surface area contributed by atoms with Crippen molar-refractivity contribution in [2.45, 2.75) is 13.0 Å². The van der Waals surface area contributed by atoms with Gasteiger partial charge in [0, 0.05) is 19.7 Å². The molecule has 3 N–H and O–H groups in total. The van der Waals surface area contributed by atoms with Crippen LogP contribution < -0.4 is 10.6 Å². The molecule has 0 saturated carbocycles. The van der Waals surface area contributed by atoms with Gasteiger partial charge in [-0.2, -0.15) is 0 Å². The number of amides is 1. The maximum atomic E-state index is 12.5. The number of para-hydroxylation sites is 1. The van der Waals surface area contributed by atoms with Gasteiger partial charge in [0.1, 0.15) is 11.7 Å². The Morgan fingerprint density at radius 3 is 2.43 bits per heavy atom. The summed E-state index contributed by atoms with van der Waals surface area (Å²) in [5.74, 6) is 5.20. The van der Waals surface area contributed by atoms with Crippen LogP contribution in [0.2, 0.25) is 0 Å². The predicted octanol–water partition coefficient (Wildman–Crippen LogP) is 3.21. The first kappa shape index (κ1) is 20.7. The van der Waals surface area contributed by atoms with E-state index >= 15 is 0 Å². The second kappa shape index (κ2) is 8.58. The molecule has 1 unspecified atom stereocenters. The number of anilines is 1. The van der Waals surface area contributed by atoms with E-state index in [1.807, 2.05) is 30.3 Å². The highest BCUT2D eigenvalue weighted by molar-refractivity contribution is 6.20. The molecule has 152 valence electrons. The Hall–Kier alpha value is -3.98. The number of Topliss-reactive ketones (excluding diaryl/α,β-unsaturated/α-hetero) is 1. The van der Waals surface area contributed by atoms with E-state index in [-0.39, 0.29) is 34.6 Å². The molecule has 6 nitrogen and oxygen atoms in total. The van der Waals surface area contributed by atoms with E-state index < -0.39 is 0 Å². The first-order valence-electron chi connectivity index (χ1n) is 9.37. The number of ketones is 1. The average molecular weight is 401 g/mol. The fourth-order valence-electron chi connectivity index (χ4n) is 3.07. The molecule has 0 heterocycles. The fraction of sp³-hybridized carbons (Fsp3) is 0.167. The number of carbonyl (C=O) groups is 2. The Labute approximate surface area is 175 Å². The molecule has 2 aromatic carbocycles. The molecule has 1 amide bonds. The Bertz CT molecular complexity index is 1110. The zero-order valence-electron chi connectivity index (χ0n) is 17.1. The third kappa shape index (κ3) is 3.91. The third-order valence-electron chi connectivity index (χ3n) is 4.70. The molecule has 0 aromatic heterocycles. The van der Waals surface area contributed by atoms with Gasteiger partial charge in [-0.15, -0.1) is 5.92 Å². The van der Waals surface area contributed by atoms with Crippen LogP contribution >= 0.6 is 0 Å². The molecule has 3 rings (SSSR count). The summed E-state index contributed by atoms with van der Waals surface area (Å²) in [6.45, 7) is 5.54. The Balaban J connectivity index is 1.93. The van der Waals surface area contributed by atoms with Gasteiger partial charge in [-0.25, -0.2) is 0 Å². The van der Waals surface area contributed by atoms with Crippen LogP contribution in [0, 0.1) is 11.8 Å². The maximum Gasteiger partial charge on any atom is 0.257 e. The minimum atomic E-state index is -0.379. The number of benzene rings is 2. The van der Waals surface area contributed by atoms with Crippen LogP contribution in [0.5, 0.6) is 5.75 Å². The van der Waals surface area contributed by atoms with Gasteiger partial charge < -0.3 is 20.6 Å². The zero-order chi connectivity index (χ0) is 21.8. The first-order chi connectivity index (χ1) is 14.3. The molecule has 1 aliphatic carbocycles. The molecule has 0 radical (unpaired) electrons. The van der Waals surface area contributed by atoms with Crippen molar-refractivity contribution in [3.63, 3.8) is 0 Å². The lowest BCUT2D eigenvalue weighted by atomic mass is 9.91. The van der Waals surface area contributed by atoms with Crippen molar-refractivity contribution in [3.8, 4) is 17.6 Å². The highest BCUT2D eigenvalue weighted by Gasteiger charge is 2.34. The minimum absolute atomic E-state index is 0.162. The van der Waals surface area contributed by atoms with E-state index in [2.05, 4.69) is 29.1 Å². The van der Waals surface area contributed by atoms with Crippen molar-refractivity contribution in [1.29, 1.82) is 0 Å². The number of hydrogen-bond acceptors (Lipinski definition) is 5. The first-order valence-corrected chi connectivity index (χ1v) is 9.37. The maximum absolute atomic E-state index is 12.5. The van der Waals surface area contributed by atoms with Crippen molar-refractivity contribution in [2.24, 2.45) is 0 Å². The lowest BCUT2D eigenvalue weighted by Gasteiger charge is -2.29. The highest BCUT2D eigenvalue weighted by Crippen LogP contribution is 2.35. The van der Waals surface area contributed by atoms with Crippen molar-refractivity contribution in [1.82, 2.24) is 10.2 Å². The summed E-state index contributed by atoms with van der Waals surface area (Å²) in [6, 6.07) is 14.0. The SMILES string of the molecule is C=C1C(=O)C(NC(C#CC)c2ccccc2)=C1Nc1cccc(C(=O)N(C)C)c1O. The predicted molar refractivity (Wildman–Crippen MR) is 117 cm³/mol. The van der Waals surface area contributed by atoms with Crippen molar-refractivity contribution in [3.05, 3.63) is 83.2 Å². The van der Waals surface area contributed by atoms with Gasteiger partial charge >= 0.3 is 0 Å². The topological polar surface area (TPSA) is 81.7 Å². The van der Waals surface area contributed by atoms with Gasteiger partial charge in [-0.05, 0) is 24.6 Å². The standard InChI is InChI=1S/C24H23N3O3/c1-5-10-18(16-11-7-6-8-12-16)25-21-20(15(2)22(21)28)26-19-14-9-13-17(23(19)29)24(30)27(3)4/h6-9,11-14,18,25-26,29H,2H2,1,3-4H3. The quantitative estimate of drug-likeness (QED) is 0.393. The molecular formula is C24H23N3O3. The number of hydrogen-bond donors (Lipinski definition) is 3. The number of phenolic OH excluding ortho intramolecular Hbond substituents is 1. The van der Waals surface area contributed by atoms with Gasteiger partial charge in [0.25, 0.3) is 5.91 Å². The lowest BCUT2D eigenvalue weighted by Crippen LogP contribution is -2.37. The van der Waals surface area contributed by atoms with Gasteiger partial charge in [0.15, 0.2) is 5.75 Å². The van der Waals surface area contributed by atoms with Gasteiger partial charge in [-0.1, -0.05) is 48.9 Å². The number of aromatic hydroxyl groups is 1. The summed E-state index contributed by atoms with van der Waals surface area (Å²) in [7, 11) is 3.22. The van der Waals surface area contributed by atoms with E-state index in [9.17, 15) is 14.7 Å². The van der Waals surface area contributed by atoms with Crippen LogP contribution in [-0.2, 0) is 4.79 Å². The second-order valence-corrected chi connectivity index (χ2v) is 6.97. The number of allylic oxidation sites excluding steroid dienone is 2. The van der Waals surface area contributed by atoms with Crippen LogP contribution in [0.4, 0.5) is 5.69 Å². The third-order valence-corrected chi connectivity index (χ3v) is 4.70. The average Bonchev–Trinajstić information content (AvgIpc) is 2.76. The van der Waals surface area contributed by atoms with Crippen LogP contribution in [-0.4, -0.2) is 35.8 Å². The van der Waals surface area contributed by atoms with E-state index in [0.29, 0.717) is 17.1 Å². The molecule has 0 spiro atoms. The Morgan fingerprint density at radius 2 is 1.80 bits per heavy atom. The molecule has 1 aliphatic rings. The Kier molecular flexibility index (Phi) is 5.93.